The predicted octanol–water partition coefficient (Wildman–Crippen LogP) is 4.41. The first kappa shape index (κ1) is 20.4. The normalized spacial score (nSPS) is 19.1. The summed E-state index contributed by atoms with van der Waals surface area (Å²) in [7, 11) is 2.19. The fourth-order valence-corrected chi connectivity index (χ4v) is 4.59. The lowest BCUT2D eigenvalue weighted by atomic mass is 9.79. The largest absolute Gasteiger partial charge is 0.445 e. The van der Waals surface area contributed by atoms with E-state index in [0.29, 0.717) is 25.7 Å². The van der Waals surface area contributed by atoms with Gasteiger partial charge in [-0.25, -0.2) is 4.79 Å². The summed E-state index contributed by atoms with van der Waals surface area (Å²) in [4.78, 5) is 16.6. The van der Waals surface area contributed by atoms with Crippen LogP contribution >= 0.6 is 15.9 Å². The Hall–Kier alpha value is -1.89. The Bertz CT molecular complexity index is 816. The minimum Gasteiger partial charge on any atom is -0.445 e. The Labute approximate surface area is 180 Å². The Balaban J connectivity index is 1.38. The molecule has 0 atom stereocenters. The summed E-state index contributed by atoms with van der Waals surface area (Å²) in [6.07, 6.45) is 1.68. The predicted molar refractivity (Wildman–Crippen MR) is 116 cm³/mol. The summed E-state index contributed by atoms with van der Waals surface area (Å²) in [6, 6.07) is 18.7. The number of carbonyl (C=O) groups is 1. The molecule has 5 nitrogen and oxygen atoms in total. The van der Waals surface area contributed by atoms with Gasteiger partial charge in [-0.05, 0) is 43.1 Å². The third kappa shape index (κ3) is 4.34. The van der Waals surface area contributed by atoms with Gasteiger partial charge in [0.05, 0.1) is 5.54 Å². The van der Waals surface area contributed by atoms with Crippen LogP contribution in [0.5, 0.6) is 0 Å². The molecule has 0 unspecified atom stereocenters. The number of carbonyl (C=O) groups excluding carboxylic acids is 1. The molecule has 1 amide bonds. The van der Waals surface area contributed by atoms with Crippen molar-refractivity contribution in [2.24, 2.45) is 0 Å². The van der Waals surface area contributed by atoms with Crippen molar-refractivity contribution in [1.29, 1.82) is 0 Å². The van der Waals surface area contributed by atoms with E-state index < -0.39 is 0 Å². The van der Waals surface area contributed by atoms with Crippen LogP contribution in [0.1, 0.15) is 24.0 Å². The molecule has 0 aliphatic carbocycles. The molecule has 0 aromatic heterocycles. The molecule has 0 spiro atoms. The Morgan fingerprint density at radius 2 is 1.79 bits per heavy atom. The van der Waals surface area contributed by atoms with E-state index >= 15 is 0 Å². The van der Waals surface area contributed by atoms with Gasteiger partial charge in [-0.3, -0.25) is 4.90 Å². The molecule has 29 heavy (non-hydrogen) atoms. The maximum Gasteiger partial charge on any atom is 0.410 e. The van der Waals surface area contributed by atoms with Gasteiger partial charge >= 0.3 is 6.09 Å². The van der Waals surface area contributed by atoms with Gasteiger partial charge in [-0.15, -0.1) is 0 Å². The highest BCUT2D eigenvalue weighted by molar-refractivity contribution is 9.10. The number of likely N-dealkylation sites (N-methyl/N-ethyl adjacent to an activating group) is 1. The van der Waals surface area contributed by atoms with E-state index in [4.69, 9.17) is 9.47 Å². The maximum atomic E-state index is 12.4. The van der Waals surface area contributed by atoms with E-state index in [2.05, 4.69) is 52.1 Å². The van der Waals surface area contributed by atoms with Crippen molar-refractivity contribution in [2.75, 3.05) is 33.4 Å². The van der Waals surface area contributed by atoms with Crippen LogP contribution in [-0.2, 0) is 21.6 Å². The smallest absolute Gasteiger partial charge is 0.410 e. The van der Waals surface area contributed by atoms with Gasteiger partial charge in [-0.1, -0.05) is 58.4 Å². The van der Waals surface area contributed by atoms with Gasteiger partial charge in [0, 0.05) is 36.8 Å². The van der Waals surface area contributed by atoms with Crippen molar-refractivity contribution in [1.82, 2.24) is 9.80 Å². The van der Waals surface area contributed by atoms with E-state index in [0.717, 1.165) is 36.1 Å². The zero-order valence-corrected chi connectivity index (χ0v) is 18.3. The lowest BCUT2D eigenvalue weighted by molar-refractivity contribution is -0.0714. The summed E-state index contributed by atoms with van der Waals surface area (Å²) in [5.74, 6) is 0. The Kier molecular flexibility index (Phi) is 6.23. The minimum absolute atomic E-state index is 0.0519. The number of hydrogen-bond acceptors (Lipinski definition) is 4. The quantitative estimate of drug-likeness (QED) is 0.665. The summed E-state index contributed by atoms with van der Waals surface area (Å²) in [5, 5.41) is 0. The Morgan fingerprint density at radius 1 is 1.14 bits per heavy atom. The maximum absolute atomic E-state index is 12.4. The monoisotopic (exact) mass is 458 g/mol. The first-order valence-electron chi connectivity index (χ1n) is 10.1. The second kappa shape index (κ2) is 8.86. The van der Waals surface area contributed by atoms with Crippen LogP contribution < -0.4 is 0 Å². The molecule has 2 aliphatic heterocycles. The number of amides is 1. The summed E-state index contributed by atoms with van der Waals surface area (Å²) < 4.78 is 12.2. The van der Waals surface area contributed by atoms with E-state index in [1.165, 1.54) is 5.56 Å². The molecule has 0 radical (unpaired) electrons. The molecule has 0 N–H and O–H groups in total. The number of nitrogens with zero attached hydrogens (tertiary/aromatic N) is 2. The van der Waals surface area contributed by atoms with Gasteiger partial charge in [-0.2, -0.15) is 0 Å². The van der Waals surface area contributed by atoms with Gasteiger partial charge in [0.15, 0.2) is 0 Å². The van der Waals surface area contributed by atoms with Gasteiger partial charge in [0.1, 0.15) is 6.61 Å². The van der Waals surface area contributed by atoms with Crippen molar-refractivity contribution in [2.45, 2.75) is 31.0 Å². The number of halogens is 1. The molecule has 2 heterocycles. The highest BCUT2D eigenvalue weighted by Gasteiger charge is 2.45. The average Bonchev–Trinajstić information content (AvgIpc) is 2.73. The number of rotatable bonds is 5. The molecule has 0 bridgehead atoms. The number of likely N-dealkylation sites (tertiary alicyclic amines) is 1. The van der Waals surface area contributed by atoms with Crippen LogP contribution in [0.15, 0.2) is 59.1 Å². The molecule has 2 saturated heterocycles. The van der Waals surface area contributed by atoms with Crippen LogP contribution in [0, 0.1) is 0 Å². The van der Waals surface area contributed by atoms with Crippen LogP contribution in [-0.4, -0.2) is 55.3 Å². The summed E-state index contributed by atoms with van der Waals surface area (Å²) >= 11 is 3.54. The topological polar surface area (TPSA) is 42.0 Å². The lowest BCUT2D eigenvalue weighted by Crippen LogP contribution is -2.65. The van der Waals surface area contributed by atoms with Crippen LogP contribution in [0.4, 0.5) is 4.79 Å². The van der Waals surface area contributed by atoms with Crippen LogP contribution in [0.2, 0.25) is 0 Å². The minimum atomic E-state index is -0.233. The van der Waals surface area contributed by atoms with Crippen molar-refractivity contribution in [3.63, 3.8) is 0 Å². The molecule has 0 saturated carbocycles. The van der Waals surface area contributed by atoms with Gasteiger partial charge < -0.3 is 14.4 Å². The van der Waals surface area contributed by atoms with Crippen LogP contribution in [0.25, 0.3) is 0 Å². The van der Waals surface area contributed by atoms with Crippen molar-refractivity contribution in [3.8, 4) is 0 Å². The molecule has 4 rings (SSSR count). The first-order chi connectivity index (χ1) is 14.1. The molecule has 2 aromatic rings. The van der Waals surface area contributed by atoms with Gasteiger partial charge in [0.2, 0.25) is 0 Å². The molecule has 2 fully saturated rings. The zero-order valence-electron chi connectivity index (χ0n) is 16.7. The third-order valence-corrected chi connectivity index (χ3v) is 6.78. The van der Waals surface area contributed by atoms with E-state index in [-0.39, 0.29) is 11.6 Å². The van der Waals surface area contributed by atoms with E-state index in [1.807, 2.05) is 30.3 Å². The molecular formula is C23H27BrN2O3. The SMILES string of the molecule is CN(C1CN(C(=O)OCc2ccccc2)C1)C1(c2ccc(Br)cc2)CCOCC1. The number of ether oxygens (including phenoxy) is 2. The van der Waals surface area contributed by atoms with E-state index in [9.17, 15) is 4.79 Å². The molecule has 2 aromatic carbocycles. The summed E-state index contributed by atoms with van der Waals surface area (Å²) in [5.41, 5.74) is 2.27. The standard InChI is InChI=1S/C23H27BrN2O3/c1-25(23(11-13-28-14-12-23)19-7-9-20(24)10-8-19)21-15-26(16-21)22(27)29-17-18-5-3-2-4-6-18/h2-10,21H,11-17H2,1H3. The van der Waals surface area contributed by atoms with Crippen molar-refractivity contribution in [3.05, 3.63) is 70.2 Å². The van der Waals surface area contributed by atoms with E-state index in [1.54, 1.807) is 4.90 Å². The summed E-state index contributed by atoms with van der Waals surface area (Å²) in [6.45, 7) is 3.23. The number of benzene rings is 2. The molecule has 6 heteroatoms. The molecular weight excluding hydrogens is 432 g/mol. The Morgan fingerprint density at radius 3 is 2.45 bits per heavy atom. The van der Waals surface area contributed by atoms with Crippen molar-refractivity contribution >= 4 is 22.0 Å². The average molecular weight is 459 g/mol. The second-order valence-electron chi connectivity index (χ2n) is 7.86. The lowest BCUT2D eigenvalue weighted by Gasteiger charge is -2.53. The fourth-order valence-electron chi connectivity index (χ4n) is 4.32. The fraction of sp³-hybridized carbons (Fsp3) is 0.435. The third-order valence-electron chi connectivity index (χ3n) is 6.25. The zero-order chi connectivity index (χ0) is 20.3. The first-order valence-corrected chi connectivity index (χ1v) is 10.9. The van der Waals surface area contributed by atoms with Crippen molar-refractivity contribution < 1.29 is 14.3 Å². The highest BCUT2D eigenvalue weighted by Crippen LogP contribution is 2.40. The molecule has 154 valence electrons. The molecule has 2 aliphatic rings. The second-order valence-corrected chi connectivity index (χ2v) is 8.78. The highest BCUT2D eigenvalue weighted by atomic mass is 79.9. The van der Waals surface area contributed by atoms with Gasteiger partial charge in [0.25, 0.3) is 0 Å². The van der Waals surface area contributed by atoms with Crippen LogP contribution in [0.3, 0.4) is 0 Å². The number of hydrogen-bond donors (Lipinski definition) is 0.